The van der Waals surface area contributed by atoms with Gasteiger partial charge in [0.05, 0.1) is 17.2 Å². The fraction of sp³-hybridized carbons (Fsp3) is 0.0667. The summed E-state index contributed by atoms with van der Waals surface area (Å²) in [7, 11) is 0. The van der Waals surface area contributed by atoms with E-state index in [-0.39, 0.29) is 12.6 Å². The lowest BCUT2D eigenvalue weighted by molar-refractivity contribution is 0.0472. The van der Waals surface area contributed by atoms with E-state index in [1.807, 2.05) is 18.2 Å². The SMILES string of the molecule is N#Cc1ccccc1COC(=O)c1ccc(I)cc1. The number of benzene rings is 2. The average Bonchev–Trinajstić information content (AvgIpc) is 2.45. The number of hydrogen-bond donors (Lipinski definition) is 0. The number of halogens is 1. The Morgan fingerprint density at radius 2 is 1.84 bits per heavy atom. The van der Waals surface area contributed by atoms with Crippen LogP contribution < -0.4 is 0 Å². The molecule has 94 valence electrons. The van der Waals surface area contributed by atoms with Gasteiger partial charge < -0.3 is 4.74 Å². The molecule has 0 spiro atoms. The zero-order chi connectivity index (χ0) is 13.7. The molecule has 0 saturated carbocycles. The number of nitriles is 1. The summed E-state index contributed by atoms with van der Waals surface area (Å²) >= 11 is 2.17. The smallest absolute Gasteiger partial charge is 0.338 e. The first kappa shape index (κ1) is 13.6. The number of carbonyl (C=O) groups is 1. The molecule has 2 aromatic rings. The summed E-state index contributed by atoms with van der Waals surface area (Å²) < 4.78 is 6.26. The topological polar surface area (TPSA) is 50.1 Å². The standard InChI is InChI=1S/C15H10INO2/c16-14-7-5-11(6-8-14)15(18)19-10-13-4-2-1-3-12(13)9-17/h1-8H,10H2. The van der Waals surface area contributed by atoms with Crippen LogP contribution >= 0.6 is 22.6 Å². The van der Waals surface area contributed by atoms with E-state index in [0.29, 0.717) is 16.7 Å². The zero-order valence-electron chi connectivity index (χ0n) is 9.97. The van der Waals surface area contributed by atoms with Crippen LogP contribution in [-0.4, -0.2) is 5.97 Å². The molecule has 0 bridgehead atoms. The van der Waals surface area contributed by atoms with E-state index in [2.05, 4.69) is 28.7 Å². The van der Waals surface area contributed by atoms with Crippen LogP contribution in [0.15, 0.2) is 48.5 Å². The predicted octanol–water partition coefficient (Wildman–Crippen LogP) is 3.52. The van der Waals surface area contributed by atoms with Crippen molar-refractivity contribution in [3.05, 3.63) is 68.8 Å². The Bertz CT molecular complexity index is 629. The van der Waals surface area contributed by atoms with Gasteiger partial charge in [-0.15, -0.1) is 0 Å². The normalized spacial score (nSPS) is 9.68. The summed E-state index contributed by atoms with van der Waals surface area (Å²) in [6.07, 6.45) is 0. The Labute approximate surface area is 125 Å². The Morgan fingerprint density at radius 3 is 2.53 bits per heavy atom. The number of rotatable bonds is 3. The third kappa shape index (κ3) is 3.55. The molecule has 0 aromatic heterocycles. The molecular formula is C15H10INO2. The van der Waals surface area contributed by atoms with Crippen LogP contribution in [0.2, 0.25) is 0 Å². The van der Waals surface area contributed by atoms with Crippen molar-refractivity contribution < 1.29 is 9.53 Å². The lowest BCUT2D eigenvalue weighted by Crippen LogP contribution is -2.06. The fourth-order valence-corrected chi connectivity index (χ4v) is 1.93. The maximum Gasteiger partial charge on any atom is 0.338 e. The maximum absolute atomic E-state index is 11.8. The molecule has 4 heteroatoms. The average molecular weight is 363 g/mol. The fourth-order valence-electron chi connectivity index (χ4n) is 1.57. The number of nitrogens with zero attached hydrogens (tertiary/aromatic N) is 1. The molecule has 0 aliphatic heterocycles. The van der Waals surface area contributed by atoms with Gasteiger partial charge in [0, 0.05) is 9.13 Å². The van der Waals surface area contributed by atoms with Crippen LogP contribution in [0.5, 0.6) is 0 Å². The lowest BCUT2D eigenvalue weighted by atomic mass is 10.1. The van der Waals surface area contributed by atoms with E-state index >= 15 is 0 Å². The molecule has 0 aliphatic rings. The zero-order valence-corrected chi connectivity index (χ0v) is 12.1. The largest absolute Gasteiger partial charge is 0.457 e. The van der Waals surface area contributed by atoms with Crippen LogP contribution in [0.3, 0.4) is 0 Å². The Hall–Kier alpha value is -1.87. The van der Waals surface area contributed by atoms with Crippen molar-refractivity contribution in [1.82, 2.24) is 0 Å². The summed E-state index contributed by atoms with van der Waals surface area (Å²) in [5.74, 6) is -0.385. The van der Waals surface area contributed by atoms with E-state index in [4.69, 9.17) is 10.00 Å². The number of carbonyl (C=O) groups excluding carboxylic acids is 1. The molecule has 2 rings (SSSR count). The van der Waals surface area contributed by atoms with Crippen molar-refractivity contribution in [2.24, 2.45) is 0 Å². The van der Waals surface area contributed by atoms with Gasteiger partial charge in [0.15, 0.2) is 0 Å². The second kappa shape index (κ2) is 6.34. The quantitative estimate of drug-likeness (QED) is 0.619. The summed E-state index contributed by atoms with van der Waals surface area (Å²) in [4.78, 5) is 11.8. The molecule has 0 saturated heterocycles. The summed E-state index contributed by atoms with van der Waals surface area (Å²) in [5, 5.41) is 8.94. The Balaban J connectivity index is 2.05. The molecule has 19 heavy (non-hydrogen) atoms. The molecule has 0 fully saturated rings. The monoisotopic (exact) mass is 363 g/mol. The summed E-state index contributed by atoms with van der Waals surface area (Å²) in [6, 6.07) is 16.3. The Kier molecular flexibility index (Phi) is 4.53. The molecular weight excluding hydrogens is 353 g/mol. The van der Waals surface area contributed by atoms with Gasteiger partial charge in [0.2, 0.25) is 0 Å². The highest BCUT2D eigenvalue weighted by atomic mass is 127. The minimum atomic E-state index is -0.385. The van der Waals surface area contributed by atoms with E-state index in [9.17, 15) is 4.79 Å². The van der Waals surface area contributed by atoms with Crippen molar-refractivity contribution in [2.75, 3.05) is 0 Å². The minimum absolute atomic E-state index is 0.106. The van der Waals surface area contributed by atoms with Crippen molar-refractivity contribution in [2.45, 2.75) is 6.61 Å². The van der Waals surface area contributed by atoms with Crippen LogP contribution in [0.1, 0.15) is 21.5 Å². The third-order valence-corrected chi connectivity index (χ3v) is 3.30. The lowest BCUT2D eigenvalue weighted by Gasteiger charge is -2.06. The molecule has 3 nitrogen and oxygen atoms in total. The summed E-state index contributed by atoms with van der Waals surface area (Å²) in [5.41, 5.74) is 1.75. The molecule has 2 aromatic carbocycles. The van der Waals surface area contributed by atoms with Crippen molar-refractivity contribution in [3.63, 3.8) is 0 Å². The van der Waals surface area contributed by atoms with Gasteiger partial charge in [0.1, 0.15) is 6.61 Å². The van der Waals surface area contributed by atoms with Gasteiger partial charge in [-0.3, -0.25) is 0 Å². The van der Waals surface area contributed by atoms with Gasteiger partial charge in [-0.1, -0.05) is 18.2 Å². The highest BCUT2D eigenvalue weighted by molar-refractivity contribution is 14.1. The van der Waals surface area contributed by atoms with E-state index < -0.39 is 0 Å². The van der Waals surface area contributed by atoms with E-state index in [1.165, 1.54) is 0 Å². The van der Waals surface area contributed by atoms with Crippen molar-refractivity contribution in [1.29, 1.82) is 5.26 Å². The van der Waals surface area contributed by atoms with Crippen molar-refractivity contribution in [3.8, 4) is 6.07 Å². The molecule has 0 amide bonds. The van der Waals surface area contributed by atoms with E-state index in [0.717, 1.165) is 3.57 Å². The second-order valence-electron chi connectivity index (χ2n) is 3.85. The molecule has 0 unspecified atom stereocenters. The first-order chi connectivity index (χ1) is 9.20. The van der Waals surface area contributed by atoms with Gasteiger partial charge >= 0.3 is 5.97 Å². The number of ether oxygens (including phenoxy) is 1. The highest BCUT2D eigenvalue weighted by Gasteiger charge is 2.08. The molecule has 0 atom stereocenters. The van der Waals surface area contributed by atoms with Crippen LogP contribution in [0.25, 0.3) is 0 Å². The van der Waals surface area contributed by atoms with Crippen LogP contribution in [0.4, 0.5) is 0 Å². The number of esters is 1. The second-order valence-corrected chi connectivity index (χ2v) is 5.10. The van der Waals surface area contributed by atoms with Gasteiger partial charge in [-0.05, 0) is 52.9 Å². The van der Waals surface area contributed by atoms with Gasteiger partial charge in [-0.25, -0.2) is 4.79 Å². The van der Waals surface area contributed by atoms with E-state index in [1.54, 1.807) is 30.3 Å². The molecule has 0 N–H and O–H groups in total. The first-order valence-electron chi connectivity index (χ1n) is 5.61. The highest BCUT2D eigenvalue weighted by Crippen LogP contribution is 2.12. The Morgan fingerprint density at radius 1 is 1.16 bits per heavy atom. The maximum atomic E-state index is 11.8. The molecule has 0 aliphatic carbocycles. The van der Waals surface area contributed by atoms with Gasteiger partial charge in [0.25, 0.3) is 0 Å². The number of hydrogen-bond acceptors (Lipinski definition) is 3. The van der Waals surface area contributed by atoms with Crippen LogP contribution in [0, 0.1) is 14.9 Å². The molecule has 0 radical (unpaired) electrons. The third-order valence-electron chi connectivity index (χ3n) is 2.58. The molecule has 0 heterocycles. The predicted molar refractivity (Wildman–Crippen MR) is 79.4 cm³/mol. The van der Waals surface area contributed by atoms with Crippen molar-refractivity contribution >= 4 is 28.6 Å². The summed E-state index contributed by atoms with van der Waals surface area (Å²) in [6.45, 7) is 0.106. The van der Waals surface area contributed by atoms with Gasteiger partial charge in [-0.2, -0.15) is 5.26 Å². The van der Waals surface area contributed by atoms with Crippen LogP contribution in [-0.2, 0) is 11.3 Å². The minimum Gasteiger partial charge on any atom is -0.457 e. The first-order valence-corrected chi connectivity index (χ1v) is 6.69.